The van der Waals surface area contributed by atoms with Crippen LogP contribution in [0.2, 0.25) is 5.02 Å². The average molecular weight is 412 g/mol. The van der Waals surface area contributed by atoms with E-state index < -0.39 is 27.4 Å². The number of benzene rings is 2. The third-order valence-electron chi connectivity index (χ3n) is 3.67. The van der Waals surface area contributed by atoms with Gasteiger partial charge in [-0.05, 0) is 30.2 Å². The number of halogens is 1. The zero-order valence-corrected chi connectivity index (χ0v) is 16.0. The van der Waals surface area contributed by atoms with E-state index >= 15 is 0 Å². The van der Waals surface area contributed by atoms with Crippen LogP contribution in [0.15, 0.2) is 48.5 Å². The molecular weight excluding hydrogens is 394 g/mol. The molecule has 0 aliphatic carbocycles. The van der Waals surface area contributed by atoms with Crippen LogP contribution in [0.3, 0.4) is 0 Å². The van der Waals surface area contributed by atoms with Gasteiger partial charge in [0.25, 0.3) is 5.69 Å². The van der Waals surface area contributed by atoms with Crippen LogP contribution >= 0.6 is 11.6 Å². The molecule has 2 aromatic carbocycles. The third kappa shape index (κ3) is 6.22. The molecule has 0 unspecified atom stereocenters. The smallest absolute Gasteiger partial charge is 0.271 e. The van der Waals surface area contributed by atoms with Crippen LogP contribution in [-0.2, 0) is 21.2 Å². The van der Waals surface area contributed by atoms with Crippen molar-refractivity contribution in [1.29, 1.82) is 0 Å². The summed E-state index contributed by atoms with van der Waals surface area (Å²) in [7, 11) is -3.80. The number of non-ortho nitro benzene ring substituents is 1. The molecule has 0 fully saturated rings. The van der Waals surface area contributed by atoms with E-state index in [9.17, 15) is 23.3 Å². The highest BCUT2D eigenvalue weighted by atomic mass is 35.5. The molecule has 1 amide bonds. The summed E-state index contributed by atoms with van der Waals surface area (Å²) < 4.78 is 24.9. The molecule has 0 saturated heterocycles. The van der Waals surface area contributed by atoms with Gasteiger partial charge < -0.3 is 5.32 Å². The summed E-state index contributed by atoms with van der Waals surface area (Å²) in [5, 5.41) is 14.2. The Kier molecular flexibility index (Phi) is 6.75. The molecule has 0 aliphatic heterocycles. The summed E-state index contributed by atoms with van der Waals surface area (Å²) in [5.41, 5.74) is 0.766. The molecule has 0 saturated carbocycles. The number of hydrogen-bond donors (Lipinski definition) is 1. The summed E-state index contributed by atoms with van der Waals surface area (Å²) in [4.78, 5) is 22.4. The van der Waals surface area contributed by atoms with Crippen LogP contribution in [-0.4, -0.2) is 38.6 Å². The second-order valence-corrected chi connectivity index (χ2v) is 8.12. The summed E-state index contributed by atoms with van der Waals surface area (Å²) in [5.74, 6) is -0.513. The van der Waals surface area contributed by atoms with E-state index in [4.69, 9.17) is 11.6 Å². The van der Waals surface area contributed by atoms with E-state index in [1.807, 2.05) is 12.1 Å². The van der Waals surface area contributed by atoms with Crippen LogP contribution in [0.5, 0.6) is 0 Å². The van der Waals surface area contributed by atoms with Crippen LogP contribution in [0.4, 0.5) is 11.4 Å². The highest BCUT2D eigenvalue weighted by molar-refractivity contribution is 7.92. The Bertz CT molecular complexity index is 932. The van der Waals surface area contributed by atoms with Gasteiger partial charge in [0.15, 0.2) is 0 Å². The summed E-state index contributed by atoms with van der Waals surface area (Å²) in [6.45, 7) is -0.159. The van der Waals surface area contributed by atoms with Gasteiger partial charge in [0.05, 0.1) is 16.9 Å². The first-order valence-corrected chi connectivity index (χ1v) is 10.1. The molecule has 2 aromatic rings. The molecule has 0 bridgehead atoms. The molecular formula is C17H18ClN3O5S. The standard InChI is InChI=1S/C17H18ClN3O5S/c1-27(25,26)20(15-3-2-4-16(11-15)21(23)24)12-17(22)19-10-9-13-5-7-14(18)8-6-13/h2-8,11H,9-10,12H2,1H3,(H,19,22). The van der Waals surface area contributed by atoms with Crippen molar-refractivity contribution in [2.24, 2.45) is 0 Å². The maximum Gasteiger partial charge on any atom is 0.271 e. The van der Waals surface area contributed by atoms with E-state index in [-0.39, 0.29) is 11.4 Å². The number of amides is 1. The fourth-order valence-electron chi connectivity index (χ4n) is 2.35. The summed E-state index contributed by atoms with van der Waals surface area (Å²) in [6.07, 6.45) is 1.49. The van der Waals surface area contributed by atoms with Crippen molar-refractivity contribution >= 4 is 38.9 Å². The lowest BCUT2D eigenvalue weighted by Gasteiger charge is -2.21. The Morgan fingerprint density at radius 1 is 1.22 bits per heavy atom. The lowest BCUT2D eigenvalue weighted by atomic mass is 10.1. The average Bonchev–Trinajstić information content (AvgIpc) is 2.60. The zero-order chi connectivity index (χ0) is 20.0. The predicted molar refractivity (Wildman–Crippen MR) is 103 cm³/mol. The van der Waals surface area contributed by atoms with Crippen molar-refractivity contribution in [2.75, 3.05) is 23.7 Å². The first-order chi connectivity index (χ1) is 12.7. The number of anilines is 1. The van der Waals surface area contributed by atoms with Gasteiger partial charge in [-0.1, -0.05) is 29.8 Å². The minimum atomic E-state index is -3.80. The highest BCUT2D eigenvalue weighted by Crippen LogP contribution is 2.22. The van der Waals surface area contributed by atoms with Gasteiger partial charge in [-0.2, -0.15) is 0 Å². The van der Waals surface area contributed by atoms with E-state index in [1.54, 1.807) is 12.1 Å². The zero-order valence-electron chi connectivity index (χ0n) is 14.5. The topological polar surface area (TPSA) is 110 Å². The molecule has 27 heavy (non-hydrogen) atoms. The first kappa shape index (κ1) is 20.7. The van der Waals surface area contributed by atoms with Gasteiger partial charge >= 0.3 is 0 Å². The van der Waals surface area contributed by atoms with E-state index in [2.05, 4.69) is 5.32 Å². The monoisotopic (exact) mass is 411 g/mol. The van der Waals surface area contributed by atoms with Crippen LogP contribution in [0.1, 0.15) is 5.56 Å². The molecule has 0 radical (unpaired) electrons. The van der Waals surface area contributed by atoms with Crippen LogP contribution in [0, 0.1) is 10.1 Å². The van der Waals surface area contributed by atoms with Gasteiger partial charge in [0.2, 0.25) is 15.9 Å². The SMILES string of the molecule is CS(=O)(=O)N(CC(=O)NCCc1ccc(Cl)cc1)c1cccc([N+](=O)[O-])c1. The van der Waals surface area contributed by atoms with E-state index in [0.717, 1.165) is 22.2 Å². The third-order valence-corrected chi connectivity index (χ3v) is 5.06. The molecule has 1 N–H and O–H groups in total. The molecule has 8 nitrogen and oxygen atoms in total. The lowest BCUT2D eigenvalue weighted by Crippen LogP contribution is -2.41. The van der Waals surface area contributed by atoms with Crippen molar-refractivity contribution in [3.63, 3.8) is 0 Å². The van der Waals surface area contributed by atoms with Crippen molar-refractivity contribution in [3.8, 4) is 0 Å². The molecule has 144 valence electrons. The van der Waals surface area contributed by atoms with Gasteiger partial charge in [-0.3, -0.25) is 19.2 Å². The van der Waals surface area contributed by atoms with Crippen molar-refractivity contribution in [1.82, 2.24) is 5.32 Å². The van der Waals surface area contributed by atoms with Gasteiger partial charge in [-0.15, -0.1) is 0 Å². The minimum Gasteiger partial charge on any atom is -0.354 e. The van der Waals surface area contributed by atoms with Crippen molar-refractivity contribution < 1.29 is 18.1 Å². The Hall–Kier alpha value is -2.65. The molecule has 0 atom stereocenters. The van der Waals surface area contributed by atoms with E-state index in [1.165, 1.54) is 18.2 Å². The number of rotatable bonds is 8. The van der Waals surface area contributed by atoms with Gasteiger partial charge in [-0.25, -0.2) is 8.42 Å². The maximum atomic E-state index is 12.2. The van der Waals surface area contributed by atoms with Crippen molar-refractivity contribution in [3.05, 3.63) is 69.2 Å². The number of carbonyl (C=O) groups excluding carboxylic acids is 1. The molecule has 2 rings (SSSR count). The quantitative estimate of drug-likeness (QED) is 0.529. The molecule has 0 aromatic heterocycles. The second kappa shape index (κ2) is 8.83. The molecule has 0 heterocycles. The maximum absolute atomic E-state index is 12.2. The largest absolute Gasteiger partial charge is 0.354 e. The number of nitro benzene ring substituents is 1. The highest BCUT2D eigenvalue weighted by Gasteiger charge is 2.22. The fraction of sp³-hybridized carbons (Fsp3) is 0.235. The number of nitrogens with one attached hydrogen (secondary N) is 1. The predicted octanol–water partition coefficient (Wildman–Crippen LogP) is 2.37. The minimum absolute atomic E-state index is 0.0551. The second-order valence-electron chi connectivity index (χ2n) is 5.77. The number of nitro groups is 1. The lowest BCUT2D eigenvalue weighted by molar-refractivity contribution is -0.384. The van der Waals surface area contributed by atoms with E-state index in [0.29, 0.717) is 18.0 Å². The van der Waals surface area contributed by atoms with Gasteiger partial charge in [0.1, 0.15) is 6.54 Å². The Morgan fingerprint density at radius 2 is 1.89 bits per heavy atom. The number of carbonyl (C=O) groups is 1. The normalized spacial score (nSPS) is 11.0. The Labute approximate surface area is 162 Å². The first-order valence-electron chi connectivity index (χ1n) is 7.90. The Morgan fingerprint density at radius 3 is 2.48 bits per heavy atom. The fourth-order valence-corrected chi connectivity index (χ4v) is 3.32. The number of hydrogen-bond acceptors (Lipinski definition) is 5. The summed E-state index contributed by atoms with van der Waals surface area (Å²) in [6, 6.07) is 12.3. The molecule has 0 spiro atoms. The molecule has 0 aliphatic rings. The summed E-state index contributed by atoms with van der Waals surface area (Å²) >= 11 is 5.81. The van der Waals surface area contributed by atoms with Crippen molar-refractivity contribution in [2.45, 2.75) is 6.42 Å². The Balaban J connectivity index is 2.03. The van der Waals surface area contributed by atoms with Crippen LogP contribution in [0.25, 0.3) is 0 Å². The van der Waals surface area contributed by atoms with Gasteiger partial charge in [0, 0.05) is 23.7 Å². The molecule has 10 heteroatoms. The number of nitrogens with zero attached hydrogens (tertiary/aromatic N) is 2. The van der Waals surface area contributed by atoms with Crippen LogP contribution < -0.4 is 9.62 Å². The number of sulfonamides is 1.